The first-order chi connectivity index (χ1) is 8.15. The van der Waals surface area contributed by atoms with Gasteiger partial charge in [0.15, 0.2) is 6.61 Å². The molecule has 0 aliphatic heterocycles. The van der Waals surface area contributed by atoms with Crippen LogP contribution in [0.2, 0.25) is 0 Å². The molecule has 0 saturated carbocycles. The minimum Gasteiger partial charge on any atom is -0.386 e. The predicted molar refractivity (Wildman–Crippen MR) is 59.0 cm³/mol. The first kappa shape index (κ1) is 12.4. The lowest BCUT2D eigenvalue weighted by Crippen LogP contribution is -2.22. The minimum absolute atomic E-state index is 0.309. The van der Waals surface area contributed by atoms with Crippen molar-refractivity contribution in [3.05, 3.63) is 35.9 Å². The Kier molecular flexibility index (Phi) is 4.39. The second-order valence-corrected chi connectivity index (χ2v) is 2.98. The van der Waals surface area contributed by atoms with Gasteiger partial charge in [-0.1, -0.05) is 35.5 Å². The van der Waals surface area contributed by atoms with Crippen LogP contribution in [0.1, 0.15) is 10.4 Å². The zero-order valence-electron chi connectivity index (χ0n) is 8.79. The highest BCUT2D eigenvalue weighted by molar-refractivity contribution is 6.44. The van der Waals surface area contributed by atoms with E-state index in [1.54, 1.807) is 30.3 Å². The van der Waals surface area contributed by atoms with Gasteiger partial charge in [-0.05, 0) is 0 Å². The smallest absolute Gasteiger partial charge is 0.281 e. The topological polar surface area (TPSA) is 106 Å². The largest absolute Gasteiger partial charge is 0.386 e. The molecule has 0 heterocycles. The summed E-state index contributed by atoms with van der Waals surface area (Å²) < 4.78 is 0. The van der Waals surface area contributed by atoms with Gasteiger partial charge in [0.2, 0.25) is 11.5 Å². The number of nitriles is 1. The first-order valence-corrected chi connectivity index (χ1v) is 4.63. The fourth-order valence-electron chi connectivity index (χ4n) is 0.983. The van der Waals surface area contributed by atoms with Crippen molar-refractivity contribution < 1.29 is 14.4 Å². The van der Waals surface area contributed by atoms with E-state index in [1.807, 2.05) is 0 Å². The number of oxime groups is 1. The average molecular weight is 231 g/mol. The van der Waals surface area contributed by atoms with Crippen molar-refractivity contribution in [2.75, 3.05) is 6.61 Å². The van der Waals surface area contributed by atoms with Crippen LogP contribution in [0.3, 0.4) is 0 Å². The second kappa shape index (κ2) is 6.02. The number of nitrogens with two attached hydrogens (primary N) is 1. The van der Waals surface area contributed by atoms with E-state index >= 15 is 0 Å². The van der Waals surface area contributed by atoms with E-state index in [0.29, 0.717) is 5.56 Å². The Bertz CT molecular complexity index is 488. The van der Waals surface area contributed by atoms with Crippen LogP contribution in [-0.2, 0) is 9.63 Å². The standard InChI is InChI=1S/C11H9N3O3/c12-6-9(11(13)16)14-17-7-10(15)8-4-2-1-3-5-8/h1-5H,7H2,(H2,13,16)/b14-9+. The Balaban J connectivity index is 2.56. The molecular formula is C11H9N3O3. The lowest BCUT2D eigenvalue weighted by molar-refractivity contribution is -0.112. The highest BCUT2D eigenvalue weighted by Gasteiger charge is 2.08. The van der Waals surface area contributed by atoms with Crippen molar-refractivity contribution in [1.82, 2.24) is 0 Å². The maximum Gasteiger partial charge on any atom is 0.281 e. The summed E-state index contributed by atoms with van der Waals surface area (Å²) in [6.45, 7) is -0.359. The Hall–Kier alpha value is -2.68. The van der Waals surface area contributed by atoms with Crippen molar-refractivity contribution >= 4 is 17.4 Å². The SMILES string of the molecule is N#C/C(=N\OCC(=O)c1ccccc1)C(N)=O. The number of carbonyl (C=O) groups is 2. The Morgan fingerprint density at radius 3 is 2.53 bits per heavy atom. The van der Waals surface area contributed by atoms with Crippen LogP contribution in [0, 0.1) is 11.3 Å². The van der Waals surface area contributed by atoms with Crippen molar-refractivity contribution in [3.63, 3.8) is 0 Å². The van der Waals surface area contributed by atoms with Gasteiger partial charge < -0.3 is 10.6 Å². The van der Waals surface area contributed by atoms with Crippen LogP contribution in [0.25, 0.3) is 0 Å². The fourth-order valence-corrected chi connectivity index (χ4v) is 0.983. The van der Waals surface area contributed by atoms with Gasteiger partial charge in [-0.3, -0.25) is 9.59 Å². The summed E-state index contributed by atoms with van der Waals surface area (Å²) in [5.41, 5.74) is 4.70. The molecule has 1 amide bonds. The van der Waals surface area contributed by atoms with Crippen molar-refractivity contribution in [1.29, 1.82) is 5.26 Å². The van der Waals surface area contributed by atoms with Crippen LogP contribution < -0.4 is 5.73 Å². The van der Waals surface area contributed by atoms with E-state index in [4.69, 9.17) is 11.0 Å². The molecule has 0 aliphatic rings. The average Bonchev–Trinajstić information content (AvgIpc) is 2.35. The Labute approximate surface area is 97.3 Å². The maximum absolute atomic E-state index is 11.5. The van der Waals surface area contributed by atoms with Gasteiger partial charge in [0.05, 0.1) is 0 Å². The molecule has 0 aromatic heterocycles. The molecule has 1 rings (SSSR count). The van der Waals surface area contributed by atoms with Crippen molar-refractivity contribution in [2.45, 2.75) is 0 Å². The normalized spacial score (nSPS) is 10.4. The third-order valence-corrected chi connectivity index (χ3v) is 1.79. The van der Waals surface area contributed by atoms with Crippen molar-refractivity contribution in [3.8, 4) is 6.07 Å². The molecule has 86 valence electrons. The number of nitrogens with zero attached hydrogens (tertiary/aromatic N) is 2. The number of carbonyl (C=O) groups excluding carboxylic acids is 2. The molecule has 0 radical (unpaired) electrons. The maximum atomic E-state index is 11.5. The summed E-state index contributed by atoms with van der Waals surface area (Å²) in [6, 6.07) is 9.89. The summed E-state index contributed by atoms with van der Waals surface area (Å²) in [6.07, 6.45) is 0. The van der Waals surface area contributed by atoms with Gasteiger partial charge in [0, 0.05) is 5.56 Å². The molecule has 0 spiro atoms. The van der Waals surface area contributed by atoms with E-state index in [-0.39, 0.29) is 12.4 Å². The summed E-state index contributed by atoms with van der Waals surface area (Å²) >= 11 is 0. The van der Waals surface area contributed by atoms with Gasteiger partial charge in [-0.2, -0.15) is 5.26 Å². The summed E-state index contributed by atoms with van der Waals surface area (Å²) in [4.78, 5) is 26.7. The molecule has 1 aromatic carbocycles. The number of Topliss-reactive ketones (excluding diaryl/α,β-unsaturated/α-hetero) is 1. The lowest BCUT2D eigenvalue weighted by Gasteiger charge is -1.99. The third kappa shape index (κ3) is 3.76. The molecule has 17 heavy (non-hydrogen) atoms. The number of primary amides is 1. The highest BCUT2D eigenvalue weighted by atomic mass is 16.6. The van der Waals surface area contributed by atoms with E-state index < -0.39 is 11.6 Å². The lowest BCUT2D eigenvalue weighted by atomic mass is 10.1. The fraction of sp³-hybridized carbons (Fsp3) is 0.0909. The van der Waals surface area contributed by atoms with Crippen LogP contribution in [-0.4, -0.2) is 24.0 Å². The first-order valence-electron chi connectivity index (χ1n) is 4.63. The number of hydrogen-bond acceptors (Lipinski definition) is 5. The number of rotatable bonds is 5. The van der Waals surface area contributed by atoms with E-state index in [2.05, 4.69) is 9.99 Å². The van der Waals surface area contributed by atoms with E-state index in [1.165, 1.54) is 6.07 Å². The number of ketones is 1. The second-order valence-electron chi connectivity index (χ2n) is 2.98. The van der Waals surface area contributed by atoms with Gasteiger partial charge in [-0.15, -0.1) is 0 Å². The molecule has 6 nitrogen and oxygen atoms in total. The highest BCUT2D eigenvalue weighted by Crippen LogP contribution is 2.00. The van der Waals surface area contributed by atoms with Gasteiger partial charge in [0.25, 0.3) is 5.91 Å². The molecule has 2 N–H and O–H groups in total. The summed E-state index contributed by atoms with van der Waals surface area (Å²) in [5.74, 6) is -1.31. The zero-order valence-corrected chi connectivity index (χ0v) is 8.79. The number of amides is 1. The van der Waals surface area contributed by atoms with E-state index in [0.717, 1.165) is 0 Å². The van der Waals surface area contributed by atoms with E-state index in [9.17, 15) is 9.59 Å². The monoisotopic (exact) mass is 231 g/mol. The Morgan fingerprint density at radius 2 is 2.00 bits per heavy atom. The van der Waals surface area contributed by atoms with Crippen LogP contribution in [0.15, 0.2) is 35.5 Å². The minimum atomic E-state index is -1.00. The molecule has 0 fully saturated rings. The molecule has 0 saturated heterocycles. The van der Waals surface area contributed by atoms with Crippen LogP contribution in [0.5, 0.6) is 0 Å². The molecular weight excluding hydrogens is 222 g/mol. The number of hydrogen-bond donors (Lipinski definition) is 1. The predicted octanol–water partition coefficient (Wildman–Crippen LogP) is 0.251. The van der Waals surface area contributed by atoms with Gasteiger partial charge in [-0.25, -0.2) is 0 Å². The Morgan fingerprint density at radius 1 is 1.35 bits per heavy atom. The van der Waals surface area contributed by atoms with Crippen molar-refractivity contribution in [2.24, 2.45) is 10.9 Å². The summed E-state index contributed by atoms with van der Waals surface area (Å²) in [5, 5.41) is 11.6. The molecule has 0 bridgehead atoms. The van der Waals surface area contributed by atoms with Crippen LogP contribution in [0.4, 0.5) is 0 Å². The van der Waals surface area contributed by atoms with Gasteiger partial charge >= 0.3 is 0 Å². The molecule has 6 heteroatoms. The molecule has 0 atom stereocenters. The third-order valence-electron chi connectivity index (χ3n) is 1.79. The number of benzene rings is 1. The molecule has 1 aromatic rings. The molecule has 0 unspecified atom stereocenters. The summed E-state index contributed by atoms with van der Waals surface area (Å²) in [7, 11) is 0. The van der Waals surface area contributed by atoms with Gasteiger partial charge in [0.1, 0.15) is 6.07 Å². The quantitative estimate of drug-likeness (QED) is 0.445. The van der Waals surface area contributed by atoms with Crippen LogP contribution >= 0.6 is 0 Å². The molecule has 0 aliphatic carbocycles. The zero-order chi connectivity index (χ0) is 12.7.